The first-order valence-electron chi connectivity index (χ1n) is 24.5. The van der Waals surface area contributed by atoms with E-state index < -0.39 is 20.5 Å². The molecule has 0 saturated heterocycles. The largest absolute Gasteiger partial charge is 0.325 e. The molecule has 17 nitrogen and oxygen atoms in total. The lowest BCUT2D eigenvalue weighted by atomic mass is 10.2. The van der Waals surface area contributed by atoms with Gasteiger partial charge in [-0.05, 0) is 105 Å². The van der Waals surface area contributed by atoms with Gasteiger partial charge in [0.1, 0.15) is 11.0 Å². The van der Waals surface area contributed by atoms with Crippen molar-refractivity contribution in [3.8, 4) is 34.2 Å². The molecule has 1 unspecified atom stereocenters. The molecule has 0 aliphatic heterocycles. The number of hydrogen-bond acceptors (Lipinski definition) is 17. The van der Waals surface area contributed by atoms with Crippen LogP contribution in [0.1, 0.15) is 62.3 Å². The van der Waals surface area contributed by atoms with Gasteiger partial charge < -0.3 is 20.5 Å². The van der Waals surface area contributed by atoms with Gasteiger partial charge in [-0.1, -0.05) is 118 Å². The first-order valence-corrected chi connectivity index (χ1v) is 31.4. The minimum Gasteiger partial charge on any atom is -0.325 e. The van der Waals surface area contributed by atoms with Gasteiger partial charge in [0.15, 0.2) is 27.8 Å². The first kappa shape index (κ1) is 62.3. The van der Waals surface area contributed by atoms with Gasteiger partial charge in [0.2, 0.25) is 29.3 Å². The third-order valence-electron chi connectivity index (χ3n) is 10.2. The quantitative estimate of drug-likeness (QED) is 0.0539. The minimum absolute atomic E-state index is 0.0635. The molecule has 0 aliphatic carbocycles. The van der Waals surface area contributed by atoms with E-state index in [0.717, 1.165) is 51.3 Å². The van der Waals surface area contributed by atoms with Crippen molar-refractivity contribution < 1.29 is 23.4 Å². The SMILES string of the molecule is CC.CC.CCn1c(SC(C)(C)C(=O)Nc2ccccc2)nnc1-c1ccsc1.CS(=O)n1c(SC(C)(C)C(=O)Nc2ccccc2)nnc1-c1ccsc1.O=Cn1c(SCC(=O)Nc2ccccc2)nnc1-c1ccsc1. The Hall–Kier alpha value is -6.54. The molecule has 6 heterocycles. The Bertz CT molecular complexity index is 3260. The minimum atomic E-state index is -1.35. The fourth-order valence-corrected chi connectivity index (χ4v) is 12.0. The number of carbonyl (C=O) groups excluding carboxylic acids is 4. The highest BCUT2D eigenvalue weighted by Crippen LogP contribution is 2.37. The van der Waals surface area contributed by atoms with Gasteiger partial charge in [-0.15, -0.1) is 30.6 Å². The van der Waals surface area contributed by atoms with Crippen LogP contribution in [0, 0.1) is 0 Å². The fourth-order valence-electron chi connectivity index (χ4n) is 6.44. The highest BCUT2D eigenvalue weighted by atomic mass is 32.2. The lowest BCUT2D eigenvalue weighted by Gasteiger charge is -2.22. The molecule has 6 aromatic heterocycles. The van der Waals surface area contributed by atoms with Crippen LogP contribution in [0.3, 0.4) is 0 Å². The maximum absolute atomic E-state index is 12.7. The summed E-state index contributed by atoms with van der Waals surface area (Å²) in [4.78, 5) is 48.6. The number of thiophene rings is 3. The average Bonchev–Trinajstić information content (AvgIpc) is 4.32. The number of aromatic nitrogens is 9. The molecule has 78 heavy (non-hydrogen) atoms. The molecule has 3 aromatic carbocycles. The standard InChI is InChI=1S/C18H20N4OS2.C17H18N4O2S3.C15H12N4O2S2.2C2H6/c1-4-22-15(13-10-11-24-12-13)20-21-17(22)25-18(2,3)16(23)19-14-8-6-5-7-9-14;1-17(2,15(22)18-13-7-5-4-6-8-13)25-16-20-19-14(21(16)26(3)23)12-9-10-24-11-12;20-10-19-14(11-6-7-22-8-11)17-18-15(19)23-9-13(21)16-12-4-2-1-3-5-12;2*1-2/h5-12H,4H2,1-3H3,(H,19,23);4-11H,1-3H3,(H,18,22);1-8,10H,9H2,(H,16,21);2*1-2H3. The van der Waals surface area contributed by atoms with E-state index >= 15 is 0 Å². The van der Waals surface area contributed by atoms with E-state index in [4.69, 9.17) is 0 Å². The predicted octanol–water partition coefficient (Wildman–Crippen LogP) is 13.0. The highest BCUT2D eigenvalue weighted by Gasteiger charge is 2.34. The van der Waals surface area contributed by atoms with Crippen LogP contribution in [-0.4, -0.2) is 93.5 Å². The summed E-state index contributed by atoms with van der Waals surface area (Å²) in [6.45, 7) is 18.2. The lowest BCUT2D eigenvalue weighted by molar-refractivity contribution is -0.118. The number of nitrogens with one attached hydrogen (secondary N) is 3. The Morgan fingerprint density at radius 1 is 0.564 bits per heavy atom. The molecule has 1 atom stereocenters. The number of carbonyl (C=O) groups is 4. The van der Waals surface area contributed by atoms with E-state index in [9.17, 15) is 23.4 Å². The van der Waals surface area contributed by atoms with Crippen molar-refractivity contribution in [2.45, 2.75) is 93.8 Å². The summed E-state index contributed by atoms with van der Waals surface area (Å²) in [6, 6.07) is 33.7. The van der Waals surface area contributed by atoms with Crippen molar-refractivity contribution in [3.63, 3.8) is 0 Å². The van der Waals surface area contributed by atoms with E-state index in [1.165, 1.54) is 62.5 Å². The molecule has 0 spiro atoms. The third kappa shape index (κ3) is 17.5. The van der Waals surface area contributed by atoms with E-state index in [0.29, 0.717) is 28.4 Å². The van der Waals surface area contributed by atoms with Gasteiger partial charge in [0.25, 0.3) is 0 Å². The topological polar surface area (TPSA) is 214 Å². The Morgan fingerprint density at radius 3 is 1.40 bits per heavy atom. The molecular weight excluding hydrogens is 1120 g/mol. The molecule has 0 radical (unpaired) electrons. The average molecular weight is 1180 g/mol. The smallest absolute Gasteiger partial charge is 0.240 e. The van der Waals surface area contributed by atoms with Crippen molar-refractivity contribution in [1.82, 2.24) is 43.7 Å². The van der Waals surface area contributed by atoms with E-state index in [1.54, 1.807) is 35.4 Å². The molecule has 3 amide bonds. The van der Waals surface area contributed by atoms with Crippen LogP contribution in [0.4, 0.5) is 17.1 Å². The number of anilines is 3. The monoisotopic (exact) mass is 1180 g/mol. The van der Waals surface area contributed by atoms with Crippen LogP contribution in [0.2, 0.25) is 0 Å². The molecule has 9 aromatic rings. The van der Waals surface area contributed by atoms with Gasteiger partial charge in [0.05, 0.1) is 15.2 Å². The number of para-hydroxylation sites is 3. The van der Waals surface area contributed by atoms with Crippen LogP contribution < -0.4 is 16.0 Å². The lowest BCUT2D eigenvalue weighted by Crippen LogP contribution is -2.34. The number of thioether (sulfide) groups is 3. The Labute approximate surface area is 482 Å². The summed E-state index contributed by atoms with van der Waals surface area (Å²) in [5.41, 5.74) is 4.99. The van der Waals surface area contributed by atoms with Crippen LogP contribution >= 0.6 is 69.3 Å². The zero-order valence-corrected chi connectivity index (χ0v) is 50.5. The van der Waals surface area contributed by atoms with Crippen LogP contribution in [-0.2, 0) is 36.7 Å². The molecule has 24 heteroatoms. The van der Waals surface area contributed by atoms with Gasteiger partial charge in [-0.3, -0.25) is 19.2 Å². The Morgan fingerprint density at radius 2 is 0.962 bits per heavy atom. The summed E-state index contributed by atoms with van der Waals surface area (Å²) in [5.74, 6) is 1.60. The van der Waals surface area contributed by atoms with E-state index in [1.807, 2.05) is 182 Å². The summed E-state index contributed by atoms with van der Waals surface area (Å²) < 4.78 is 15.7. The molecular formula is C54H62N12O5S7. The van der Waals surface area contributed by atoms with Crippen LogP contribution in [0.15, 0.2) is 157 Å². The van der Waals surface area contributed by atoms with E-state index in [2.05, 4.69) is 58.8 Å². The van der Waals surface area contributed by atoms with Crippen molar-refractivity contribution in [2.75, 3.05) is 28.0 Å². The normalized spacial score (nSPS) is 11.2. The first-order chi connectivity index (χ1) is 37.7. The van der Waals surface area contributed by atoms with Gasteiger partial charge in [-0.2, -0.15) is 34.0 Å². The summed E-state index contributed by atoms with van der Waals surface area (Å²) in [6.07, 6.45) is 2.23. The summed E-state index contributed by atoms with van der Waals surface area (Å²) in [5, 5.41) is 47.0. The number of rotatable bonds is 18. The Kier molecular flexibility index (Phi) is 24.9. The molecule has 3 N–H and O–H groups in total. The van der Waals surface area contributed by atoms with Crippen molar-refractivity contribution in [3.05, 3.63) is 141 Å². The second-order valence-electron chi connectivity index (χ2n) is 16.5. The predicted molar refractivity (Wildman–Crippen MR) is 326 cm³/mol. The maximum atomic E-state index is 12.7. The highest BCUT2D eigenvalue weighted by molar-refractivity contribution is 8.01. The summed E-state index contributed by atoms with van der Waals surface area (Å²) in [7, 11) is -1.35. The number of amides is 3. The van der Waals surface area contributed by atoms with Gasteiger partial charge in [0, 0.05) is 62.7 Å². The second kappa shape index (κ2) is 31.2. The number of benzene rings is 3. The van der Waals surface area contributed by atoms with Crippen molar-refractivity contribution in [1.29, 1.82) is 0 Å². The molecule has 0 bridgehead atoms. The second-order valence-corrected chi connectivity index (χ2v) is 24.1. The fraction of sp³-hybridized carbons (Fsp3) is 0.259. The van der Waals surface area contributed by atoms with Crippen molar-refractivity contribution >= 4 is 121 Å². The molecule has 9 rings (SSSR count). The number of hydrogen-bond donors (Lipinski definition) is 3. The van der Waals surface area contributed by atoms with Gasteiger partial charge >= 0.3 is 0 Å². The zero-order chi connectivity index (χ0) is 56.7. The Balaban J connectivity index is 0.000000209. The maximum Gasteiger partial charge on any atom is 0.240 e. The molecule has 0 fully saturated rings. The van der Waals surface area contributed by atoms with Crippen LogP contribution in [0.5, 0.6) is 0 Å². The molecule has 0 aliphatic rings. The third-order valence-corrected chi connectivity index (χ3v) is 16.5. The van der Waals surface area contributed by atoms with Crippen molar-refractivity contribution in [2.24, 2.45) is 0 Å². The molecule has 0 saturated carbocycles. The van der Waals surface area contributed by atoms with Crippen LogP contribution in [0.25, 0.3) is 34.2 Å². The summed E-state index contributed by atoms with van der Waals surface area (Å²) >= 11 is 8.50. The molecule has 410 valence electrons. The zero-order valence-electron chi connectivity index (χ0n) is 44.8. The number of nitrogens with zero attached hydrogens (tertiary/aromatic N) is 9. The van der Waals surface area contributed by atoms with Gasteiger partial charge in [-0.25, -0.2) is 12.7 Å². The van der Waals surface area contributed by atoms with E-state index in [-0.39, 0.29) is 23.5 Å².